The van der Waals surface area contributed by atoms with Crippen molar-refractivity contribution < 1.29 is 9.21 Å². The van der Waals surface area contributed by atoms with Crippen LogP contribution in [0.4, 0.5) is 0 Å². The van der Waals surface area contributed by atoms with Gasteiger partial charge in [0.2, 0.25) is 0 Å². The smallest absolute Gasteiger partial charge is 0.178 e. The third-order valence-corrected chi connectivity index (χ3v) is 1.88. The zero-order valence-electron chi connectivity index (χ0n) is 9.07. The van der Waals surface area contributed by atoms with Gasteiger partial charge < -0.3 is 4.42 Å². The molecule has 1 rings (SSSR count). The number of nitrogens with zero attached hydrogens (tertiary/aromatic N) is 1. The highest BCUT2D eigenvalue weighted by Crippen LogP contribution is 2.21. The molecule has 15 heavy (non-hydrogen) atoms. The minimum atomic E-state index is -0.547. The molecule has 0 N–H and O–H groups in total. The van der Waals surface area contributed by atoms with E-state index >= 15 is 0 Å². The lowest BCUT2D eigenvalue weighted by atomic mass is 9.86. The summed E-state index contributed by atoms with van der Waals surface area (Å²) < 4.78 is 5.05. The fraction of sp³-hybridized carbons (Fsp3) is 0.333. The van der Waals surface area contributed by atoms with Crippen molar-refractivity contribution in [3.63, 3.8) is 0 Å². The highest BCUT2D eigenvalue weighted by atomic mass is 16.3. The monoisotopic (exact) mass is 203 g/mol. The summed E-state index contributed by atoms with van der Waals surface area (Å²) in [6.45, 7) is 5.34. The van der Waals surface area contributed by atoms with Gasteiger partial charge in [-0.1, -0.05) is 20.8 Å². The van der Waals surface area contributed by atoms with Crippen LogP contribution in [0.5, 0.6) is 0 Å². The topological polar surface area (TPSA) is 54.0 Å². The number of nitriles is 1. The van der Waals surface area contributed by atoms with E-state index in [1.54, 1.807) is 32.9 Å². The lowest BCUT2D eigenvalue weighted by Crippen LogP contribution is -2.21. The maximum atomic E-state index is 11.8. The van der Waals surface area contributed by atoms with Crippen LogP contribution in [0.1, 0.15) is 26.5 Å². The highest BCUT2D eigenvalue weighted by Gasteiger charge is 2.25. The number of ketones is 1. The van der Waals surface area contributed by atoms with Crippen molar-refractivity contribution in [1.82, 2.24) is 0 Å². The number of carbonyl (C=O) groups is 1. The van der Waals surface area contributed by atoms with E-state index in [0.29, 0.717) is 5.76 Å². The Morgan fingerprint density at radius 1 is 1.53 bits per heavy atom. The first-order chi connectivity index (χ1) is 6.95. The lowest BCUT2D eigenvalue weighted by Gasteiger charge is -2.14. The van der Waals surface area contributed by atoms with E-state index < -0.39 is 5.41 Å². The average Bonchev–Trinajstić information content (AvgIpc) is 2.64. The van der Waals surface area contributed by atoms with Gasteiger partial charge in [-0.05, 0) is 12.1 Å². The van der Waals surface area contributed by atoms with E-state index in [9.17, 15) is 4.79 Å². The molecule has 0 spiro atoms. The Labute approximate surface area is 89.0 Å². The van der Waals surface area contributed by atoms with Gasteiger partial charge in [-0.2, -0.15) is 5.26 Å². The molecule has 0 saturated carbocycles. The Bertz CT molecular complexity index is 413. The number of carbonyl (C=O) groups excluding carboxylic acids is 1. The predicted molar refractivity (Wildman–Crippen MR) is 56.8 cm³/mol. The largest absolute Gasteiger partial charge is 0.465 e. The Morgan fingerprint density at radius 2 is 2.20 bits per heavy atom. The van der Waals surface area contributed by atoms with Crippen LogP contribution in [0.3, 0.4) is 0 Å². The third-order valence-electron chi connectivity index (χ3n) is 1.88. The van der Waals surface area contributed by atoms with Crippen LogP contribution in [0.25, 0.3) is 6.08 Å². The SMILES string of the molecule is CC(C)(C)C(=O)C(C#N)=Cc1ccco1. The molecule has 3 nitrogen and oxygen atoms in total. The van der Waals surface area contributed by atoms with E-state index in [-0.39, 0.29) is 11.4 Å². The van der Waals surface area contributed by atoms with Gasteiger partial charge >= 0.3 is 0 Å². The zero-order valence-corrected chi connectivity index (χ0v) is 9.07. The van der Waals surface area contributed by atoms with Crippen LogP contribution < -0.4 is 0 Å². The van der Waals surface area contributed by atoms with Gasteiger partial charge in [0, 0.05) is 11.5 Å². The van der Waals surface area contributed by atoms with Gasteiger partial charge in [-0.25, -0.2) is 0 Å². The second-order valence-electron chi connectivity index (χ2n) is 4.26. The first-order valence-electron chi connectivity index (χ1n) is 4.65. The number of rotatable bonds is 2. The number of hydrogen-bond donors (Lipinski definition) is 0. The molecule has 0 atom stereocenters. The van der Waals surface area contributed by atoms with E-state index in [1.165, 1.54) is 12.3 Å². The zero-order chi connectivity index (χ0) is 11.5. The standard InChI is InChI=1S/C12H13NO2/c1-12(2,3)11(14)9(8-13)7-10-5-4-6-15-10/h4-7H,1-3H3. The molecule has 1 aromatic rings. The molecule has 0 amide bonds. The molecule has 0 aliphatic carbocycles. The van der Waals surface area contributed by atoms with Crippen molar-refractivity contribution in [2.24, 2.45) is 5.41 Å². The number of hydrogen-bond acceptors (Lipinski definition) is 3. The Kier molecular flexibility index (Phi) is 3.11. The molecule has 0 radical (unpaired) electrons. The summed E-state index contributed by atoms with van der Waals surface area (Å²) in [6, 6.07) is 5.31. The highest BCUT2D eigenvalue weighted by molar-refractivity contribution is 6.05. The first kappa shape index (κ1) is 11.3. The van der Waals surface area contributed by atoms with Crippen LogP contribution in [-0.2, 0) is 4.79 Å². The van der Waals surface area contributed by atoms with Gasteiger partial charge in [0.1, 0.15) is 11.8 Å². The van der Waals surface area contributed by atoms with Crippen LogP contribution in [0, 0.1) is 16.7 Å². The minimum Gasteiger partial charge on any atom is -0.465 e. The van der Waals surface area contributed by atoms with Crippen LogP contribution in [-0.4, -0.2) is 5.78 Å². The molecule has 0 unspecified atom stereocenters. The first-order valence-corrected chi connectivity index (χ1v) is 4.65. The Hall–Kier alpha value is -1.82. The molecule has 78 valence electrons. The van der Waals surface area contributed by atoms with E-state index in [2.05, 4.69) is 0 Å². The molecule has 3 heteroatoms. The summed E-state index contributed by atoms with van der Waals surface area (Å²) in [4.78, 5) is 11.8. The Balaban J connectivity index is 3.02. The molecule has 0 fully saturated rings. The summed E-state index contributed by atoms with van der Waals surface area (Å²) in [7, 11) is 0. The van der Waals surface area contributed by atoms with E-state index in [1.807, 2.05) is 6.07 Å². The number of allylic oxidation sites excluding steroid dienone is 1. The second kappa shape index (κ2) is 4.14. The normalized spacial score (nSPS) is 12.3. The molecule has 1 heterocycles. The van der Waals surface area contributed by atoms with Crippen molar-refractivity contribution in [2.45, 2.75) is 20.8 Å². The maximum absolute atomic E-state index is 11.8. The fourth-order valence-corrected chi connectivity index (χ4v) is 1.07. The summed E-state index contributed by atoms with van der Waals surface area (Å²) >= 11 is 0. The van der Waals surface area contributed by atoms with Gasteiger partial charge in [0.25, 0.3) is 0 Å². The lowest BCUT2D eigenvalue weighted by molar-refractivity contribution is -0.121. The Morgan fingerprint density at radius 3 is 2.60 bits per heavy atom. The number of furan rings is 1. The summed E-state index contributed by atoms with van der Waals surface area (Å²) in [5, 5.41) is 8.88. The van der Waals surface area contributed by atoms with Gasteiger partial charge in [0.15, 0.2) is 5.78 Å². The fourth-order valence-electron chi connectivity index (χ4n) is 1.07. The van der Waals surface area contributed by atoms with Crippen molar-refractivity contribution in [3.05, 3.63) is 29.7 Å². The van der Waals surface area contributed by atoms with Crippen molar-refractivity contribution >= 4 is 11.9 Å². The summed E-state index contributed by atoms with van der Waals surface area (Å²) in [5.74, 6) is 0.338. The van der Waals surface area contributed by atoms with Crippen molar-refractivity contribution in [3.8, 4) is 6.07 Å². The molecule has 1 aromatic heterocycles. The molecular weight excluding hydrogens is 190 g/mol. The third kappa shape index (κ3) is 2.81. The molecule has 0 aromatic carbocycles. The van der Waals surface area contributed by atoms with Crippen molar-refractivity contribution in [2.75, 3.05) is 0 Å². The summed E-state index contributed by atoms with van der Waals surface area (Å²) in [6.07, 6.45) is 2.97. The minimum absolute atomic E-state index is 0.123. The molecule has 0 aliphatic rings. The van der Waals surface area contributed by atoms with Crippen LogP contribution >= 0.6 is 0 Å². The van der Waals surface area contributed by atoms with Crippen LogP contribution in [0.15, 0.2) is 28.4 Å². The van der Waals surface area contributed by atoms with E-state index in [4.69, 9.17) is 9.68 Å². The predicted octanol–water partition coefficient (Wildman–Crippen LogP) is 2.80. The van der Waals surface area contributed by atoms with Gasteiger partial charge in [-0.15, -0.1) is 0 Å². The van der Waals surface area contributed by atoms with Gasteiger partial charge in [0.05, 0.1) is 11.8 Å². The van der Waals surface area contributed by atoms with E-state index in [0.717, 1.165) is 0 Å². The maximum Gasteiger partial charge on any atom is 0.178 e. The van der Waals surface area contributed by atoms with Gasteiger partial charge in [-0.3, -0.25) is 4.79 Å². The van der Waals surface area contributed by atoms with Crippen LogP contribution in [0.2, 0.25) is 0 Å². The number of Topliss-reactive ketones (excluding diaryl/α,β-unsaturated/α-hetero) is 1. The second-order valence-corrected chi connectivity index (χ2v) is 4.26. The molecule has 0 saturated heterocycles. The quantitative estimate of drug-likeness (QED) is 0.548. The molecule has 0 aliphatic heterocycles. The molecular formula is C12H13NO2. The molecule has 0 bridgehead atoms. The summed E-state index contributed by atoms with van der Waals surface area (Å²) in [5.41, 5.74) is -0.425. The average molecular weight is 203 g/mol. The van der Waals surface area contributed by atoms with Crippen molar-refractivity contribution in [1.29, 1.82) is 5.26 Å².